The zero-order chi connectivity index (χ0) is 15.7. The normalized spacial score (nSPS) is 19.5. The van der Waals surface area contributed by atoms with Gasteiger partial charge in [-0.3, -0.25) is 4.79 Å². The van der Waals surface area contributed by atoms with Gasteiger partial charge in [0.1, 0.15) is 0 Å². The molecule has 2 aromatic rings. The van der Waals surface area contributed by atoms with Crippen LogP contribution >= 0.6 is 11.3 Å². The highest BCUT2D eigenvalue weighted by Gasteiger charge is 2.28. The number of benzene rings is 1. The first-order valence-electron chi connectivity index (χ1n) is 7.17. The lowest BCUT2D eigenvalue weighted by Crippen LogP contribution is -2.43. The van der Waals surface area contributed by atoms with Gasteiger partial charge in [0.25, 0.3) is 0 Å². The summed E-state index contributed by atoms with van der Waals surface area (Å²) >= 11 is 1.58. The summed E-state index contributed by atoms with van der Waals surface area (Å²) in [4.78, 5) is 29.4. The zero-order valence-electron chi connectivity index (χ0n) is 12.5. The molecule has 22 heavy (non-hydrogen) atoms. The van der Waals surface area contributed by atoms with E-state index in [1.165, 1.54) is 0 Å². The quantitative estimate of drug-likeness (QED) is 0.907. The number of urea groups is 1. The maximum absolute atomic E-state index is 12.0. The van der Waals surface area contributed by atoms with Crippen molar-refractivity contribution >= 4 is 33.5 Å². The Bertz CT molecular complexity index is 714. The van der Waals surface area contributed by atoms with Crippen LogP contribution in [0.2, 0.25) is 0 Å². The van der Waals surface area contributed by atoms with Gasteiger partial charge in [-0.15, -0.1) is 11.3 Å². The predicted molar refractivity (Wildman–Crippen MR) is 85.7 cm³/mol. The first-order chi connectivity index (χ1) is 10.5. The Labute approximate surface area is 132 Å². The van der Waals surface area contributed by atoms with Crippen molar-refractivity contribution in [3.05, 3.63) is 29.3 Å². The molecule has 1 aliphatic rings. The van der Waals surface area contributed by atoms with E-state index in [0.717, 1.165) is 15.8 Å². The topological polar surface area (TPSA) is 74.3 Å². The molecule has 0 aliphatic carbocycles. The fraction of sp³-hybridized carbons (Fsp3) is 0.400. The monoisotopic (exact) mass is 318 g/mol. The van der Waals surface area contributed by atoms with Gasteiger partial charge in [0, 0.05) is 20.0 Å². The fourth-order valence-corrected chi connectivity index (χ4v) is 3.33. The number of carbonyl (C=O) groups excluding carboxylic acids is 2. The number of rotatable bonds is 3. The van der Waals surface area contributed by atoms with Crippen LogP contribution in [0.1, 0.15) is 24.9 Å². The largest absolute Gasteiger partial charge is 0.344 e. The molecule has 0 saturated carbocycles. The van der Waals surface area contributed by atoms with E-state index in [4.69, 9.17) is 0 Å². The smallest absolute Gasteiger partial charge is 0.315 e. The molecule has 2 atom stereocenters. The summed E-state index contributed by atoms with van der Waals surface area (Å²) in [6, 6.07) is 5.51. The number of carbonyl (C=O) groups is 2. The minimum Gasteiger partial charge on any atom is -0.344 e. The van der Waals surface area contributed by atoms with Crippen molar-refractivity contribution in [3.8, 4) is 0 Å². The third kappa shape index (κ3) is 3.04. The third-order valence-corrected chi connectivity index (χ3v) is 4.67. The number of nitrogens with one attached hydrogen (secondary N) is 2. The lowest BCUT2D eigenvalue weighted by Gasteiger charge is -2.17. The molecule has 2 heterocycles. The molecule has 7 heteroatoms. The van der Waals surface area contributed by atoms with Gasteiger partial charge in [0.2, 0.25) is 5.91 Å². The van der Waals surface area contributed by atoms with Crippen molar-refractivity contribution in [1.82, 2.24) is 20.5 Å². The molecule has 1 aromatic carbocycles. The molecule has 3 amide bonds. The van der Waals surface area contributed by atoms with E-state index in [1.807, 2.05) is 30.6 Å². The van der Waals surface area contributed by atoms with Crippen LogP contribution in [0.15, 0.2) is 23.7 Å². The number of likely N-dealkylation sites (N-methyl/N-ethyl adjacent to an activating group) is 1. The number of thiazole rings is 1. The Morgan fingerprint density at radius 2 is 2.32 bits per heavy atom. The number of fused-ring (bicyclic) bond motifs is 1. The molecule has 1 aliphatic heterocycles. The molecule has 0 spiro atoms. The van der Waals surface area contributed by atoms with Crippen molar-refractivity contribution in [2.75, 3.05) is 13.6 Å². The second-order valence-electron chi connectivity index (χ2n) is 5.59. The van der Waals surface area contributed by atoms with Crippen LogP contribution in [0.5, 0.6) is 0 Å². The lowest BCUT2D eigenvalue weighted by atomic mass is 10.1. The molecular formula is C15H18N4O2S. The number of likely N-dealkylation sites (tertiary alicyclic amines) is 1. The molecule has 6 nitrogen and oxygen atoms in total. The summed E-state index contributed by atoms with van der Waals surface area (Å²) in [7, 11) is 1.74. The predicted octanol–water partition coefficient (Wildman–Crippen LogP) is 1.89. The van der Waals surface area contributed by atoms with Crippen LogP contribution in [0.4, 0.5) is 4.79 Å². The van der Waals surface area contributed by atoms with Crippen LogP contribution in [0, 0.1) is 0 Å². The number of nitrogens with zero attached hydrogens (tertiary/aromatic N) is 2. The minimum atomic E-state index is -0.245. The van der Waals surface area contributed by atoms with E-state index in [-0.39, 0.29) is 24.0 Å². The van der Waals surface area contributed by atoms with Crippen LogP contribution in [-0.4, -0.2) is 41.5 Å². The van der Waals surface area contributed by atoms with Crippen LogP contribution in [-0.2, 0) is 4.79 Å². The SMILES string of the molecule is CC(NC(=O)N[C@H]1CC(=O)N(C)C1)c1ccc2ncsc2c1. The van der Waals surface area contributed by atoms with E-state index in [1.54, 1.807) is 23.3 Å². The van der Waals surface area contributed by atoms with Gasteiger partial charge < -0.3 is 15.5 Å². The maximum atomic E-state index is 12.0. The molecule has 116 valence electrons. The highest BCUT2D eigenvalue weighted by molar-refractivity contribution is 7.16. The van der Waals surface area contributed by atoms with Crippen molar-refractivity contribution in [2.24, 2.45) is 0 Å². The van der Waals surface area contributed by atoms with Crippen molar-refractivity contribution < 1.29 is 9.59 Å². The summed E-state index contributed by atoms with van der Waals surface area (Å²) in [5.41, 5.74) is 3.82. The third-order valence-electron chi connectivity index (χ3n) is 3.88. The molecule has 1 unspecified atom stereocenters. The number of hydrogen-bond acceptors (Lipinski definition) is 4. The summed E-state index contributed by atoms with van der Waals surface area (Å²) in [6.07, 6.45) is 0.366. The fourth-order valence-electron chi connectivity index (χ4n) is 2.61. The highest BCUT2D eigenvalue weighted by Crippen LogP contribution is 2.22. The second-order valence-corrected chi connectivity index (χ2v) is 6.48. The van der Waals surface area contributed by atoms with Gasteiger partial charge >= 0.3 is 6.03 Å². The maximum Gasteiger partial charge on any atom is 0.315 e. The molecule has 1 aromatic heterocycles. The van der Waals surface area contributed by atoms with Gasteiger partial charge in [0.15, 0.2) is 0 Å². The first kappa shape index (κ1) is 14.8. The van der Waals surface area contributed by atoms with Crippen LogP contribution in [0.25, 0.3) is 10.2 Å². The second kappa shape index (κ2) is 5.92. The Morgan fingerprint density at radius 3 is 3.05 bits per heavy atom. The molecule has 0 bridgehead atoms. The van der Waals surface area contributed by atoms with E-state index in [9.17, 15) is 9.59 Å². The molecule has 3 rings (SSSR count). The lowest BCUT2D eigenvalue weighted by molar-refractivity contribution is -0.126. The van der Waals surface area contributed by atoms with E-state index in [2.05, 4.69) is 15.6 Å². The van der Waals surface area contributed by atoms with Crippen molar-refractivity contribution in [3.63, 3.8) is 0 Å². The van der Waals surface area contributed by atoms with Crippen LogP contribution in [0.3, 0.4) is 0 Å². The number of hydrogen-bond donors (Lipinski definition) is 2. The van der Waals surface area contributed by atoms with Crippen molar-refractivity contribution in [2.45, 2.75) is 25.4 Å². The van der Waals surface area contributed by atoms with Gasteiger partial charge in [0.05, 0.1) is 27.8 Å². The Kier molecular flexibility index (Phi) is 3.98. The van der Waals surface area contributed by atoms with Gasteiger partial charge in [-0.05, 0) is 24.6 Å². The summed E-state index contributed by atoms with van der Waals surface area (Å²) < 4.78 is 1.11. The number of amides is 3. The van der Waals surface area contributed by atoms with Gasteiger partial charge in [-0.25, -0.2) is 9.78 Å². The Hall–Kier alpha value is -2.15. The van der Waals surface area contributed by atoms with Crippen molar-refractivity contribution in [1.29, 1.82) is 0 Å². The van der Waals surface area contributed by atoms with Gasteiger partial charge in [-0.1, -0.05) is 6.07 Å². The first-order valence-corrected chi connectivity index (χ1v) is 8.05. The average molecular weight is 318 g/mol. The summed E-state index contributed by atoms with van der Waals surface area (Å²) in [5.74, 6) is 0.0639. The van der Waals surface area contributed by atoms with E-state index >= 15 is 0 Å². The Morgan fingerprint density at radius 1 is 1.50 bits per heavy atom. The van der Waals surface area contributed by atoms with E-state index in [0.29, 0.717) is 13.0 Å². The standard InChI is InChI=1S/C15H18N4O2S/c1-9(10-3-4-12-13(5-10)22-8-16-12)17-15(21)18-11-6-14(20)19(2)7-11/h3-5,8-9,11H,6-7H2,1-2H3,(H2,17,18,21)/t9?,11-/m0/s1. The Balaban J connectivity index is 1.59. The minimum absolute atomic E-state index is 0.0639. The molecule has 0 radical (unpaired) electrons. The van der Waals surface area contributed by atoms with Crippen LogP contribution < -0.4 is 10.6 Å². The zero-order valence-corrected chi connectivity index (χ0v) is 13.3. The highest BCUT2D eigenvalue weighted by atomic mass is 32.1. The van der Waals surface area contributed by atoms with E-state index < -0.39 is 0 Å². The molecule has 2 N–H and O–H groups in total. The summed E-state index contributed by atoms with van der Waals surface area (Å²) in [6.45, 7) is 2.50. The number of aromatic nitrogens is 1. The molecule has 1 saturated heterocycles. The summed E-state index contributed by atoms with van der Waals surface area (Å²) in [5, 5.41) is 5.76. The average Bonchev–Trinajstić information content (AvgIpc) is 3.04. The molecular weight excluding hydrogens is 300 g/mol. The molecule has 1 fully saturated rings. The van der Waals surface area contributed by atoms with Gasteiger partial charge in [-0.2, -0.15) is 0 Å².